The lowest BCUT2D eigenvalue weighted by atomic mass is 9.93. The molecule has 7 heteroatoms. The van der Waals surface area contributed by atoms with Gasteiger partial charge in [-0.3, -0.25) is 19.3 Å². The summed E-state index contributed by atoms with van der Waals surface area (Å²) in [5, 5.41) is 4.23. The number of rotatable bonds is 3. The van der Waals surface area contributed by atoms with E-state index in [1.165, 1.54) is 9.75 Å². The minimum atomic E-state index is 0.0378. The van der Waals surface area contributed by atoms with E-state index in [1.807, 2.05) is 29.5 Å². The van der Waals surface area contributed by atoms with Crippen LogP contribution in [-0.4, -0.2) is 64.3 Å². The van der Waals surface area contributed by atoms with E-state index < -0.39 is 0 Å². The molecule has 2 fully saturated rings. The van der Waals surface area contributed by atoms with Gasteiger partial charge in [0.05, 0.1) is 24.0 Å². The first-order valence-corrected chi connectivity index (χ1v) is 9.55. The van der Waals surface area contributed by atoms with E-state index >= 15 is 0 Å². The highest BCUT2D eigenvalue weighted by Gasteiger charge is 2.47. The summed E-state index contributed by atoms with van der Waals surface area (Å²) in [7, 11) is 3.98. The predicted molar refractivity (Wildman–Crippen MR) is 99.9 cm³/mol. The maximum atomic E-state index is 12.6. The summed E-state index contributed by atoms with van der Waals surface area (Å²) in [5.74, 6) is 0.161. The molecular weight excluding hydrogens is 334 g/mol. The highest BCUT2D eigenvalue weighted by atomic mass is 32.1. The molecule has 0 aromatic carbocycles. The fourth-order valence-electron chi connectivity index (χ4n) is 4.05. The van der Waals surface area contributed by atoms with Gasteiger partial charge in [-0.15, -0.1) is 11.3 Å². The summed E-state index contributed by atoms with van der Waals surface area (Å²) in [4.78, 5) is 22.1. The third-order valence-corrected chi connectivity index (χ3v) is 6.51. The fraction of sp³-hybridized carbons (Fsp3) is 0.556. The Morgan fingerprint density at radius 1 is 1.28 bits per heavy atom. The first kappa shape index (κ1) is 16.8. The number of hydrogen-bond donors (Lipinski definition) is 0. The Morgan fingerprint density at radius 3 is 2.80 bits per heavy atom. The Balaban J connectivity index is 1.51. The van der Waals surface area contributed by atoms with E-state index in [2.05, 4.69) is 41.0 Å². The maximum absolute atomic E-state index is 12.6. The van der Waals surface area contributed by atoms with Gasteiger partial charge in [0.2, 0.25) is 5.91 Å². The average Bonchev–Trinajstić information content (AvgIpc) is 3.26. The van der Waals surface area contributed by atoms with Gasteiger partial charge in [0.15, 0.2) is 0 Å². The van der Waals surface area contributed by atoms with Crippen molar-refractivity contribution < 1.29 is 4.79 Å². The SMILES string of the molecule is Cc1ccc(CN2CC[C@]3(C2)CN(c2cnn(C)c2)C(=O)CN3C)s1. The van der Waals surface area contributed by atoms with Crippen LogP contribution in [0.1, 0.15) is 16.2 Å². The van der Waals surface area contributed by atoms with Crippen molar-refractivity contribution in [3.63, 3.8) is 0 Å². The van der Waals surface area contributed by atoms with Gasteiger partial charge in [-0.1, -0.05) is 0 Å². The van der Waals surface area contributed by atoms with Gasteiger partial charge in [-0.05, 0) is 32.5 Å². The number of carbonyl (C=O) groups is 1. The summed E-state index contributed by atoms with van der Waals surface area (Å²) in [5.41, 5.74) is 0.947. The molecule has 1 amide bonds. The largest absolute Gasteiger partial charge is 0.306 e. The number of likely N-dealkylation sites (N-methyl/N-ethyl adjacent to an activating group) is 1. The number of anilines is 1. The van der Waals surface area contributed by atoms with Crippen LogP contribution in [0, 0.1) is 6.92 Å². The molecule has 2 saturated heterocycles. The van der Waals surface area contributed by atoms with Crippen molar-refractivity contribution in [3.8, 4) is 0 Å². The second-order valence-electron chi connectivity index (χ2n) is 7.41. The normalized spacial score (nSPS) is 25.4. The molecule has 6 nitrogen and oxygen atoms in total. The average molecular weight is 359 g/mol. The van der Waals surface area contributed by atoms with Gasteiger partial charge >= 0.3 is 0 Å². The number of nitrogens with zero attached hydrogens (tertiary/aromatic N) is 5. The van der Waals surface area contributed by atoms with E-state index in [0.29, 0.717) is 6.54 Å². The Labute approximate surface area is 152 Å². The molecule has 25 heavy (non-hydrogen) atoms. The minimum absolute atomic E-state index is 0.0378. The molecule has 4 heterocycles. The van der Waals surface area contributed by atoms with Gasteiger partial charge in [-0.25, -0.2) is 0 Å². The number of thiophene rings is 1. The smallest absolute Gasteiger partial charge is 0.241 e. The molecular formula is C18H25N5OS. The summed E-state index contributed by atoms with van der Waals surface area (Å²) < 4.78 is 1.76. The summed E-state index contributed by atoms with van der Waals surface area (Å²) in [6.45, 7) is 6.47. The Kier molecular flexibility index (Phi) is 4.17. The molecule has 0 unspecified atom stereocenters. The molecule has 0 N–H and O–H groups in total. The molecule has 0 bridgehead atoms. The molecule has 0 radical (unpaired) electrons. The third kappa shape index (κ3) is 3.12. The Hall–Kier alpha value is -1.70. The fourth-order valence-corrected chi connectivity index (χ4v) is 4.98. The molecule has 4 rings (SSSR count). The second-order valence-corrected chi connectivity index (χ2v) is 8.78. The number of amides is 1. The topological polar surface area (TPSA) is 44.6 Å². The molecule has 1 atom stereocenters. The number of carbonyl (C=O) groups excluding carboxylic acids is 1. The molecule has 0 aliphatic carbocycles. The van der Waals surface area contributed by atoms with Gasteiger partial charge in [-0.2, -0.15) is 5.10 Å². The van der Waals surface area contributed by atoms with Crippen molar-refractivity contribution in [2.24, 2.45) is 7.05 Å². The van der Waals surface area contributed by atoms with E-state index in [1.54, 1.807) is 10.9 Å². The van der Waals surface area contributed by atoms with Crippen LogP contribution in [0.5, 0.6) is 0 Å². The quantitative estimate of drug-likeness (QED) is 0.837. The molecule has 0 saturated carbocycles. The second kappa shape index (κ2) is 6.23. The van der Waals surface area contributed by atoms with Crippen molar-refractivity contribution in [2.45, 2.75) is 25.4 Å². The molecule has 134 valence electrons. The van der Waals surface area contributed by atoms with Crippen LogP contribution in [0.25, 0.3) is 0 Å². The summed E-state index contributed by atoms with van der Waals surface area (Å²) in [6, 6.07) is 4.43. The van der Waals surface area contributed by atoms with Gasteiger partial charge in [0.25, 0.3) is 0 Å². The van der Waals surface area contributed by atoms with Crippen molar-refractivity contribution in [3.05, 3.63) is 34.3 Å². The number of hydrogen-bond acceptors (Lipinski definition) is 5. The first-order valence-electron chi connectivity index (χ1n) is 8.73. The van der Waals surface area contributed by atoms with Crippen LogP contribution < -0.4 is 4.90 Å². The molecule has 2 aromatic rings. The maximum Gasteiger partial charge on any atom is 0.241 e. The monoisotopic (exact) mass is 359 g/mol. The number of likely N-dealkylation sites (tertiary alicyclic amines) is 1. The zero-order valence-corrected chi connectivity index (χ0v) is 15.9. The third-order valence-electron chi connectivity index (χ3n) is 5.53. The van der Waals surface area contributed by atoms with Crippen molar-refractivity contribution in [1.29, 1.82) is 0 Å². The summed E-state index contributed by atoms with van der Waals surface area (Å²) in [6.07, 6.45) is 4.81. The highest BCUT2D eigenvalue weighted by molar-refractivity contribution is 7.11. The molecule has 2 aliphatic heterocycles. The summed E-state index contributed by atoms with van der Waals surface area (Å²) >= 11 is 1.88. The zero-order chi connectivity index (χ0) is 17.6. The predicted octanol–water partition coefficient (Wildman–Crippen LogP) is 1.71. The number of aromatic nitrogens is 2. The Morgan fingerprint density at radius 2 is 2.12 bits per heavy atom. The van der Waals surface area contributed by atoms with Crippen molar-refractivity contribution in [2.75, 3.05) is 38.1 Å². The van der Waals surface area contributed by atoms with Crippen LogP contribution in [0.4, 0.5) is 5.69 Å². The van der Waals surface area contributed by atoms with Gasteiger partial charge in [0.1, 0.15) is 0 Å². The lowest BCUT2D eigenvalue weighted by Gasteiger charge is -2.46. The van der Waals surface area contributed by atoms with Crippen LogP contribution in [-0.2, 0) is 18.4 Å². The number of aryl methyl sites for hydroxylation is 2. The molecule has 1 spiro atoms. The van der Waals surface area contributed by atoms with E-state index in [9.17, 15) is 4.79 Å². The van der Waals surface area contributed by atoms with Crippen LogP contribution in [0.2, 0.25) is 0 Å². The number of piperazine rings is 1. The van der Waals surface area contributed by atoms with Gasteiger partial charge in [0, 0.05) is 49.2 Å². The van der Waals surface area contributed by atoms with E-state index in [0.717, 1.165) is 38.3 Å². The van der Waals surface area contributed by atoms with Crippen molar-refractivity contribution >= 4 is 22.9 Å². The standard InChI is InChI=1S/C18H25N5OS/c1-14-4-5-16(25-14)10-22-7-6-18(12-22)13-23(17(24)11-20(18)2)15-8-19-21(3)9-15/h4-5,8-9H,6-7,10-13H2,1-3H3/t18-/m0/s1. The van der Waals surface area contributed by atoms with Crippen LogP contribution in [0.15, 0.2) is 24.5 Å². The van der Waals surface area contributed by atoms with Crippen molar-refractivity contribution in [1.82, 2.24) is 19.6 Å². The lowest BCUT2D eigenvalue weighted by molar-refractivity contribution is -0.123. The van der Waals surface area contributed by atoms with E-state index in [-0.39, 0.29) is 11.4 Å². The van der Waals surface area contributed by atoms with Crippen LogP contribution in [0.3, 0.4) is 0 Å². The van der Waals surface area contributed by atoms with Crippen LogP contribution >= 0.6 is 11.3 Å². The molecule has 2 aromatic heterocycles. The minimum Gasteiger partial charge on any atom is -0.306 e. The van der Waals surface area contributed by atoms with Gasteiger partial charge < -0.3 is 4.90 Å². The lowest BCUT2D eigenvalue weighted by Crippen LogP contribution is -2.64. The zero-order valence-electron chi connectivity index (χ0n) is 15.1. The first-order chi connectivity index (χ1) is 11.9. The molecule has 2 aliphatic rings. The highest BCUT2D eigenvalue weighted by Crippen LogP contribution is 2.34. The Bertz CT molecular complexity index is 784. The van der Waals surface area contributed by atoms with E-state index in [4.69, 9.17) is 0 Å².